The van der Waals surface area contributed by atoms with Crippen LogP contribution in [0.1, 0.15) is 38.3 Å². The number of pyridine rings is 1. The van der Waals surface area contributed by atoms with Gasteiger partial charge in [-0.05, 0) is 43.7 Å². The van der Waals surface area contributed by atoms with E-state index in [1.807, 2.05) is 18.2 Å². The summed E-state index contributed by atoms with van der Waals surface area (Å²) in [5, 5.41) is 3.47. The monoisotopic (exact) mass is 249 g/mol. The predicted molar refractivity (Wildman–Crippen MR) is 75.2 cm³/mol. The minimum absolute atomic E-state index is 0.353. The molecule has 0 bridgehead atoms. The molecule has 0 aliphatic heterocycles. The molecule has 0 unspecified atom stereocenters. The highest BCUT2D eigenvalue weighted by atomic mass is 32.1. The van der Waals surface area contributed by atoms with Crippen LogP contribution in [0.15, 0.2) is 18.2 Å². The van der Waals surface area contributed by atoms with Gasteiger partial charge in [-0.3, -0.25) is 0 Å². The minimum atomic E-state index is 0.353. The average Bonchev–Trinajstić information content (AvgIpc) is 2.32. The van der Waals surface area contributed by atoms with Crippen molar-refractivity contribution in [2.24, 2.45) is 11.7 Å². The van der Waals surface area contributed by atoms with Crippen molar-refractivity contribution in [3.8, 4) is 0 Å². The normalized spacial score (nSPS) is 24.3. The lowest BCUT2D eigenvalue weighted by Gasteiger charge is -2.27. The standard InChI is InChI=1S/C13H19N3S/c1-9-5-7-10(8-6-9)15-12-4-2-3-11(16-12)13(14)17/h2-4,9-10H,5-8H2,1H3,(H2,14,17)(H,15,16). The molecule has 1 heterocycles. The van der Waals surface area contributed by atoms with Crippen LogP contribution in [0.3, 0.4) is 0 Å². The first-order valence-corrected chi connectivity index (χ1v) is 6.59. The van der Waals surface area contributed by atoms with Crippen molar-refractivity contribution in [1.29, 1.82) is 0 Å². The zero-order valence-electron chi connectivity index (χ0n) is 10.1. The molecule has 1 fully saturated rings. The molecular weight excluding hydrogens is 230 g/mol. The fraction of sp³-hybridized carbons (Fsp3) is 0.538. The fourth-order valence-corrected chi connectivity index (χ4v) is 2.38. The molecule has 1 saturated carbocycles. The van der Waals surface area contributed by atoms with E-state index in [9.17, 15) is 0 Å². The molecule has 1 aromatic rings. The number of nitrogens with zero attached hydrogens (tertiary/aromatic N) is 1. The third-order valence-corrected chi connectivity index (χ3v) is 3.58. The highest BCUT2D eigenvalue weighted by molar-refractivity contribution is 7.80. The molecule has 1 aromatic heterocycles. The summed E-state index contributed by atoms with van der Waals surface area (Å²) >= 11 is 4.93. The summed E-state index contributed by atoms with van der Waals surface area (Å²) in [6, 6.07) is 6.30. The summed E-state index contributed by atoms with van der Waals surface area (Å²) in [7, 11) is 0. The van der Waals surface area contributed by atoms with Crippen LogP contribution in [0.25, 0.3) is 0 Å². The molecule has 0 saturated heterocycles. The van der Waals surface area contributed by atoms with Gasteiger partial charge in [0, 0.05) is 6.04 Å². The summed E-state index contributed by atoms with van der Waals surface area (Å²) in [6.45, 7) is 2.32. The zero-order valence-corrected chi connectivity index (χ0v) is 11.0. The number of nitrogens with one attached hydrogen (secondary N) is 1. The van der Waals surface area contributed by atoms with Crippen molar-refractivity contribution in [2.45, 2.75) is 38.6 Å². The quantitative estimate of drug-likeness (QED) is 0.809. The Hall–Kier alpha value is -1.16. The highest BCUT2D eigenvalue weighted by Gasteiger charge is 2.18. The first-order chi connectivity index (χ1) is 8.15. The minimum Gasteiger partial charge on any atom is -0.388 e. The van der Waals surface area contributed by atoms with Crippen molar-refractivity contribution >= 4 is 23.0 Å². The Morgan fingerprint density at radius 3 is 2.71 bits per heavy atom. The molecule has 1 aliphatic carbocycles. The Kier molecular flexibility index (Phi) is 3.94. The van der Waals surface area contributed by atoms with E-state index in [-0.39, 0.29) is 0 Å². The first kappa shape index (κ1) is 12.3. The van der Waals surface area contributed by atoms with E-state index in [0.29, 0.717) is 16.7 Å². The molecule has 0 amide bonds. The second kappa shape index (κ2) is 5.45. The third kappa shape index (κ3) is 3.40. The molecular formula is C13H19N3S. The van der Waals surface area contributed by atoms with Gasteiger partial charge in [0.1, 0.15) is 10.8 Å². The van der Waals surface area contributed by atoms with Crippen molar-refractivity contribution < 1.29 is 0 Å². The number of hydrogen-bond donors (Lipinski definition) is 2. The maximum absolute atomic E-state index is 5.58. The van der Waals surface area contributed by atoms with Crippen LogP contribution in [0, 0.1) is 5.92 Å². The van der Waals surface area contributed by atoms with Gasteiger partial charge in [0.05, 0.1) is 5.69 Å². The van der Waals surface area contributed by atoms with Crippen LogP contribution in [0.2, 0.25) is 0 Å². The van der Waals surface area contributed by atoms with Gasteiger partial charge < -0.3 is 11.1 Å². The van der Waals surface area contributed by atoms with Gasteiger partial charge in [0.15, 0.2) is 0 Å². The molecule has 0 aromatic carbocycles. The van der Waals surface area contributed by atoms with Gasteiger partial charge in [-0.15, -0.1) is 0 Å². The molecule has 3 nitrogen and oxygen atoms in total. The second-order valence-electron chi connectivity index (χ2n) is 4.87. The molecule has 0 spiro atoms. The van der Waals surface area contributed by atoms with E-state index >= 15 is 0 Å². The van der Waals surface area contributed by atoms with Gasteiger partial charge in [-0.2, -0.15) is 0 Å². The summed E-state index contributed by atoms with van der Waals surface area (Å²) in [4.78, 5) is 4.76. The van der Waals surface area contributed by atoms with Gasteiger partial charge in [0.25, 0.3) is 0 Å². The van der Waals surface area contributed by atoms with Crippen LogP contribution in [-0.4, -0.2) is 16.0 Å². The van der Waals surface area contributed by atoms with E-state index in [1.54, 1.807) is 0 Å². The second-order valence-corrected chi connectivity index (χ2v) is 5.31. The topological polar surface area (TPSA) is 50.9 Å². The van der Waals surface area contributed by atoms with Gasteiger partial charge >= 0.3 is 0 Å². The average molecular weight is 249 g/mol. The largest absolute Gasteiger partial charge is 0.388 e. The number of nitrogens with two attached hydrogens (primary N) is 1. The van der Waals surface area contributed by atoms with E-state index in [4.69, 9.17) is 18.0 Å². The third-order valence-electron chi connectivity index (χ3n) is 3.37. The van der Waals surface area contributed by atoms with Gasteiger partial charge in [-0.25, -0.2) is 4.98 Å². The van der Waals surface area contributed by atoms with Crippen LogP contribution >= 0.6 is 12.2 Å². The van der Waals surface area contributed by atoms with E-state index in [1.165, 1.54) is 25.7 Å². The van der Waals surface area contributed by atoms with Crippen LogP contribution < -0.4 is 11.1 Å². The molecule has 0 atom stereocenters. The molecule has 4 heteroatoms. The number of anilines is 1. The number of hydrogen-bond acceptors (Lipinski definition) is 3. The SMILES string of the molecule is CC1CCC(Nc2cccc(C(N)=S)n2)CC1. The van der Waals surface area contributed by atoms with Gasteiger partial charge in [0.2, 0.25) is 0 Å². The molecule has 92 valence electrons. The molecule has 17 heavy (non-hydrogen) atoms. The number of aromatic nitrogens is 1. The van der Waals surface area contributed by atoms with Crippen LogP contribution in [0.5, 0.6) is 0 Å². The summed E-state index contributed by atoms with van der Waals surface area (Å²) < 4.78 is 0. The number of thiocarbonyl (C=S) groups is 1. The van der Waals surface area contributed by atoms with Crippen LogP contribution in [-0.2, 0) is 0 Å². The Morgan fingerprint density at radius 1 is 1.35 bits per heavy atom. The maximum Gasteiger partial charge on any atom is 0.126 e. The highest BCUT2D eigenvalue weighted by Crippen LogP contribution is 2.25. The smallest absolute Gasteiger partial charge is 0.126 e. The summed E-state index contributed by atoms with van der Waals surface area (Å²) in [6.07, 6.45) is 5.04. The summed E-state index contributed by atoms with van der Waals surface area (Å²) in [5.41, 5.74) is 6.26. The Bertz CT molecular complexity index is 397. The van der Waals surface area contributed by atoms with Crippen LogP contribution in [0.4, 0.5) is 5.82 Å². The van der Waals surface area contributed by atoms with Crippen molar-refractivity contribution in [1.82, 2.24) is 4.98 Å². The number of rotatable bonds is 3. The lowest BCUT2D eigenvalue weighted by molar-refractivity contribution is 0.361. The zero-order chi connectivity index (χ0) is 12.3. The summed E-state index contributed by atoms with van der Waals surface area (Å²) in [5.74, 6) is 1.75. The Morgan fingerprint density at radius 2 is 2.06 bits per heavy atom. The molecule has 2 rings (SSSR count). The maximum atomic E-state index is 5.58. The first-order valence-electron chi connectivity index (χ1n) is 6.18. The van der Waals surface area contributed by atoms with Gasteiger partial charge in [-0.1, -0.05) is 25.2 Å². The van der Waals surface area contributed by atoms with E-state index < -0.39 is 0 Å². The Labute approximate surface area is 108 Å². The molecule has 3 N–H and O–H groups in total. The van der Waals surface area contributed by atoms with Crippen molar-refractivity contribution in [2.75, 3.05) is 5.32 Å². The Balaban J connectivity index is 1.98. The lowest BCUT2D eigenvalue weighted by atomic mass is 9.87. The fourth-order valence-electron chi connectivity index (χ4n) is 2.27. The lowest BCUT2D eigenvalue weighted by Crippen LogP contribution is -2.26. The van der Waals surface area contributed by atoms with E-state index in [0.717, 1.165) is 11.7 Å². The molecule has 1 aliphatic rings. The predicted octanol–water partition coefficient (Wildman–Crippen LogP) is 2.71. The molecule has 0 radical (unpaired) electrons. The van der Waals surface area contributed by atoms with Crippen molar-refractivity contribution in [3.05, 3.63) is 23.9 Å². The van der Waals surface area contributed by atoms with E-state index in [2.05, 4.69) is 17.2 Å². The van der Waals surface area contributed by atoms with Crippen molar-refractivity contribution in [3.63, 3.8) is 0 Å².